The summed E-state index contributed by atoms with van der Waals surface area (Å²) in [5, 5.41) is 2.18. The Labute approximate surface area is 286 Å². The molecule has 49 heavy (non-hydrogen) atoms. The quantitative estimate of drug-likeness (QED) is 0.193. The Morgan fingerprint density at radius 2 is 0.939 bits per heavy atom. The van der Waals surface area contributed by atoms with Crippen molar-refractivity contribution in [3.8, 4) is 45.3 Å². The first-order valence-electron chi connectivity index (χ1n) is 16.9. The zero-order valence-electron chi connectivity index (χ0n) is 28.0. The van der Waals surface area contributed by atoms with Crippen LogP contribution in [0.3, 0.4) is 0 Å². The van der Waals surface area contributed by atoms with Crippen LogP contribution in [0.2, 0.25) is 0 Å². The number of nitrogens with zero attached hydrogens (tertiary/aromatic N) is 3. The maximum atomic E-state index is 6.57. The topological polar surface area (TPSA) is 51.8 Å². The van der Waals surface area contributed by atoms with Crippen LogP contribution in [-0.2, 0) is 10.8 Å². The van der Waals surface area contributed by atoms with E-state index >= 15 is 0 Å². The van der Waals surface area contributed by atoms with Crippen LogP contribution in [0.5, 0.6) is 0 Å². The summed E-state index contributed by atoms with van der Waals surface area (Å²) < 4.78 is 6.57. The van der Waals surface area contributed by atoms with Gasteiger partial charge in [-0.15, -0.1) is 0 Å². The fourth-order valence-corrected chi connectivity index (χ4v) is 7.78. The number of hydrogen-bond acceptors (Lipinski definition) is 4. The molecule has 2 heterocycles. The van der Waals surface area contributed by atoms with E-state index in [1.807, 2.05) is 60.7 Å². The molecule has 9 rings (SSSR count). The van der Waals surface area contributed by atoms with Crippen LogP contribution in [-0.4, -0.2) is 15.0 Å². The second-order valence-electron chi connectivity index (χ2n) is 14.1. The van der Waals surface area contributed by atoms with E-state index in [0.29, 0.717) is 17.5 Å². The molecule has 8 aromatic rings. The summed E-state index contributed by atoms with van der Waals surface area (Å²) in [6.07, 6.45) is 0. The molecule has 0 bridgehead atoms. The van der Waals surface area contributed by atoms with E-state index in [0.717, 1.165) is 44.2 Å². The molecule has 0 saturated heterocycles. The predicted octanol–water partition coefficient (Wildman–Crippen LogP) is 11.4. The van der Waals surface area contributed by atoms with E-state index in [1.165, 1.54) is 27.8 Å². The Hall–Kier alpha value is -5.87. The molecule has 0 atom stereocenters. The molecule has 0 radical (unpaired) electrons. The van der Waals surface area contributed by atoms with Crippen molar-refractivity contribution in [3.63, 3.8) is 0 Å². The fourth-order valence-electron chi connectivity index (χ4n) is 7.78. The minimum Gasteiger partial charge on any atom is -0.456 e. The van der Waals surface area contributed by atoms with Crippen molar-refractivity contribution in [2.75, 3.05) is 0 Å². The summed E-state index contributed by atoms with van der Waals surface area (Å²) in [6.45, 7) is 9.40. The molecule has 4 heteroatoms. The zero-order valence-corrected chi connectivity index (χ0v) is 28.0. The highest BCUT2D eigenvalue weighted by Crippen LogP contribution is 2.51. The van der Waals surface area contributed by atoms with Gasteiger partial charge in [0.15, 0.2) is 17.5 Å². The number of aromatic nitrogens is 3. The Morgan fingerprint density at radius 1 is 0.408 bits per heavy atom. The molecule has 0 fully saturated rings. The van der Waals surface area contributed by atoms with Gasteiger partial charge in [0.05, 0.1) is 0 Å². The van der Waals surface area contributed by atoms with Gasteiger partial charge in [-0.2, -0.15) is 0 Å². The van der Waals surface area contributed by atoms with Crippen LogP contribution >= 0.6 is 0 Å². The van der Waals surface area contributed by atoms with Gasteiger partial charge >= 0.3 is 0 Å². The van der Waals surface area contributed by atoms with Crippen molar-refractivity contribution in [1.29, 1.82) is 0 Å². The van der Waals surface area contributed by atoms with Crippen LogP contribution in [0.1, 0.15) is 49.9 Å². The molecule has 0 amide bonds. The molecule has 1 aliphatic carbocycles. The Kier molecular flexibility index (Phi) is 6.47. The van der Waals surface area contributed by atoms with Crippen LogP contribution in [0.25, 0.3) is 67.2 Å². The molecule has 6 aromatic carbocycles. The van der Waals surface area contributed by atoms with Gasteiger partial charge in [0.1, 0.15) is 11.2 Å². The molecular formula is C45H35N3O. The largest absolute Gasteiger partial charge is 0.456 e. The molecule has 2 aromatic heterocycles. The van der Waals surface area contributed by atoms with E-state index < -0.39 is 0 Å². The maximum absolute atomic E-state index is 6.57. The summed E-state index contributed by atoms with van der Waals surface area (Å²) in [5.41, 5.74) is 12.1. The van der Waals surface area contributed by atoms with Crippen molar-refractivity contribution in [2.24, 2.45) is 0 Å². The average molecular weight is 634 g/mol. The van der Waals surface area contributed by atoms with Gasteiger partial charge in [-0.3, -0.25) is 0 Å². The molecule has 1 aliphatic rings. The van der Waals surface area contributed by atoms with Crippen molar-refractivity contribution in [3.05, 3.63) is 162 Å². The van der Waals surface area contributed by atoms with Gasteiger partial charge < -0.3 is 4.42 Å². The fraction of sp³-hybridized carbons (Fsp3) is 0.133. The first-order valence-corrected chi connectivity index (χ1v) is 16.9. The maximum Gasteiger partial charge on any atom is 0.164 e. The van der Waals surface area contributed by atoms with Crippen molar-refractivity contribution >= 4 is 21.9 Å². The molecule has 4 nitrogen and oxygen atoms in total. The number of hydrogen-bond donors (Lipinski definition) is 0. The SMILES string of the molecule is CC1(C)c2ccccc2C(C)(C)c2cc(-c3cccc4oc5cc(-c6nc(-c7ccccc7)nc(-c7ccccc7)n6)ccc5c34)ccc21. The van der Waals surface area contributed by atoms with E-state index in [9.17, 15) is 0 Å². The van der Waals surface area contributed by atoms with Crippen molar-refractivity contribution in [1.82, 2.24) is 15.0 Å². The second kappa shape index (κ2) is 10.8. The first-order chi connectivity index (χ1) is 23.8. The smallest absolute Gasteiger partial charge is 0.164 e. The highest BCUT2D eigenvalue weighted by Gasteiger charge is 2.41. The highest BCUT2D eigenvalue weighted by molar-refractivity contribution is 6.13. The van der Waals surface area contributed by atoms with E-state index in [-0.39, 0.29) is 10.8 Å². The van der Waals surface area contributed by atoms with Crippen LogP contribution in [0.15, 0.2) is 144 Å². The van der Waals surface area contributed by atoms with E-state index in [1.54, 1.807) is 0 Å². The van der Waals surface area contributed by atoms with Gasteiger partial charge in [-0.05, 0) is 57.6 Å². The lowest BCUT2D eigenvalue weighted by molar-refractivity contribution is 0.521. The summed E-state index contributed by atoms with van der Waals surface area (Å²) in [5.74, 6) is 1.88. The second-order valence-corrected chi connectivity index (χ2v) is 14.1. The summed E-state index contributed by atoms with van der Waals surface area (Å²) >= 11 is 0. The molecule has 0 N–H and O–H groups in total. The van der Waals surface area contributed by atoms with Crippen LogP contribution < -0.4 is 0 Å². The lowest BCUT2D eigenvalue weighted by Gasteiger charge is -2.44. The minimum absolute atomic E-state index is 0.0828. The number of fused-ring (bicyclic) bond motifs is 5. The average Bonchev–Trinajstić information content (AvgIpc) is 3.53. The molecule has 0 saturated carbocycles. The zero-order chi connectivity index (χ0) is 33.3. The monoisotopic (exact) mass is 633 g/mol. The van der Waals surface area contributed by atoms with Gasteiger partial charge in [-0.1, -0.05) is 143 Å². The van der Waals surface area contributed by atoms with Crippen LogP contribution in [0, 0.1) is 0 Å². The predicted molar refractivity (Wildman–Crippen MR) is 200 cm³/mol. The van der Waals surface area contributed by atoms with Gasteiger partial charge in [0, 0.05) is 38.3 Å². The van der Waals surface area contributed by atoms with Gasteiger partial charge in [0.25, 0.3) is 0 Å². The summed E-state index contributed by atoms with van der Waals surface area (Å²) in [7, 11) is 0. The van der Waals surface area contributed by atoms with Crippen molar-refractivity contribution < 1.29 is 4.42 Å². The molecule has 0 spiro atoms. The summed E-state index contributed by atoms with van der Waals surface area (Å²) in [6, 6.07) is 48.8. The van der Waals surface area contributed by atoms with Crippen molar-refractivity contribution in [2.45, 2.75) is 38.5 Å². The number of furan rings is 1. The number of benzene rings is 6. The van der Waals surface area contributed by atoms with Gasteiger partial charge in [-0.25, -0.2) is 15.0 Å². The van der Waals surface area contributed by atoms with Crippen LogP contribution in [0.4, 0.5) is 0 Å². The lowest BCUT2D eigenvalue weighted by Crippen LogP contribution is -2.36. The van der Waals surface area contributed by atoms with E-state index in [2.05, 4.69) is 107 Å². The standard InChI is InChI=1S/C45H35N3O/c1-44(2)34-19-11-12-20-35(34)45(3,4)37-26-30(23-25-36(37)44)32-18-13-21-38-40(32)33-24-22-31(27-39(33)49-38)43-47-41(28-14-7-5-8-15-28)46-42(48-43)29-16-9-6-10-17-29/h5-27H,1-4H3. The Bertz CT molecular complexity index is 2490. The third-order valence-corrected chi connectivity index (χ3v) is 10.4. The third-order valence-electron chi connectivity index (χ3n) is 10.4. The number of rotatable bonds is 4. The summed E-state index contributed by atoms with van der Waals surface area (Å²) in [4.78, 5) is 14.7. The molecule has 0 unspecified atom stereocenters. The Morgan fingerprint density at radius 3 is 1.57 bits per heavy atom. The Balaban J connectivity index is 1.18. The lowest BCUT2D eigenvalue weighted by atomic mass is 9.60. The normalized spacial score (nSPS) is 14.4. The first kappa shape index (κ1) is 29.3. The van der Waals surface area contributed by atoms with E-state index in [4.69, 9.17) is 19.4 Å². The minimum atomic E-state index is -0.125. The molecule has 236 valence electrons. The molecule has 0 aliphatic heterocycles. The van der Waals surface area contributed by atoms with Gasteiger partial charge in [0.2, 0.25) is 0 Å². The highest BCUT2D eigenvalue weighted by atomic mass is 16.3. The third kappa shape index (κ3) is 4.62. The molecular weight excluding hydrogens is 599 g/mol.